The van der Waals surface area contributed by atoms with E-state index in [1.165, 1.54) is 24.9 Å². The van der Waals surface area contributed by atoms with Crippen molar-refractivity contribution >= 4 is 23.4 Å². The number of anilines is 2. The first-order valence-electron chi connectivity index (χ1n) is 8.95. The van der Waals surface area contributed by atoms with Gasteiger partial charge in [-0.3, -0.25) is 4.79 Å². The summed E-state index contributed by atoms with van der Waals surface area (Å²) in [6.07, 6.45) is 3.48. The lowest BCUT2D eigenvalue weighted by atomic mass is 10.1. The van der Waals surface area contributed by atoms with E-state index < -0.39 is 11.7 Å². The van der Waals surface area contributed by atoms with Gasteiger partial charge in [0.15, 0.2) is 0 Å². The number of alkyl carbamates (subject to hydrolysis) is 1. The molecule has 1 aromatic rings. The van der Waals surface area contributed by atoms with Gasteiger partial charge in [-0.1, -0.05) is 0 Å². The molecule has 0 aromatic heterocycles. The minimum Gasteiger partial charge on any atom is -0.444 e. The van der Waals surface area contributed by atoms with Gasteiger partial charge in [-0.05, 0) is 64.3 Å². The van der Waals surface area contributed by atoms with Crippen LogP contribution in [0.5, 0.6) is 0 Å². The van der Waals surface area contributed by atoms with E-state index >= 15 is 0 Å². The van der Waals surface area contributed by atoms with Crippen LogP contribution in [0.25, 0.3) is 0 Å². The fourth-order valence-corrected chi connectivity index (χ4v) is 2.72. The van der Waals surface area contributed by atoms with Crippen molar-refractivity contribution in [3.8, 4) is 0 Å². The summed E-state index contributed by atoms with van der Waals surface area (Å²) in [6, 6.07) is 7.92. The first kappa shape index (κ1) is 19.1. The number of hydrogen-bond acceptors (Lipinski definition) is 4. The Morgan fingerprint density at radius 3 is 2.32 bits per heavy atom. The summed E-state index contributed by atoms with van der Waals surface area (Å²) in [5, 5.41) is 5.42. The Kier molecular flexibility index (Phi) is 6.67. The maximum atomic E-state index is 12.0. The van der Waals surface area contributed by atoms with Gasteiger partial charge in [0.05, 0.1) is 0 Å². The summed E-state index contributed by atoms with van der Waals surface area (Å²) in [4.78, 5) is 25.8. The Morgan fingerprint density at radius 1 is 1.08 bits per heavy atom. The highest BCUT2D eigenvalue weighted by Crippen LogP contribution is 2.21. The second kappa shape index (κ2) is 8.74. The number of amides is 2. The summed E-state index contributed by atoms with van der Waals surface area (Å²) < 4.78 is 5.12. The standard InChI is InChI=1S/C19H29N3O3/c1-19(2,3)25-18(24)20-12-11-17(23)21-15-7-9-16(10-8-15)22-13-5-4-6-14-22/h7-10H,4-6,11-14H2,1-3H3,(H,20,24)(H,21,23). The van der Waals surface area contributed by atoms with Crippen LogP contribution in [-0.2, 0) is 9.53 Å². The average Bonchev–Trinajstić information content (AvgIpc) is 2.54. The van der Waals surface area contributed by atoms with Gasteiger partial charge in [-0.15, -0.1) is 0 Å². The van der Waals surface area contributed by atoms with Crippen LogP contribution in [0.3, 0.4) is 0 Å². The van der Waals surface area contributed by atoms with E-state index in [9.17, 15) is 9.59 Å². The Bertz CT molecular complexity index is 573. The van der Waals surface area contributed by atoms with Crippen molar-refractivity contribution < 1.29 is 14.3 Å². The van der Waals surface area contributed by atoms with Gasteiger partial charge in [0.25, 0.3) is 0 Å². The van der Waals surface area contributed by atoms with Crippen LogP contribution in [0.1, 0.15) is 46.5 Å². The van der Waals surface area contributed by atoms with Crippen molar-refractivity contribution in [3.05, 3.63) is 24.3 Å². The molecule has 1 aliphatic heterocycles. The highest BCUT2D eigenvalue weighted by molar-refractivity contribution is 5.91. The van der Waals surface area contributed by atoms with E-state index in [1.807, 2.05) is 24.3 Å². The second-order valence-corrected chi connectivity index (χ2v) is 7.32. The molecule has 1 heterocycles. The number of rotatable bonds is 5. The lowest BCUT2D eigenvalue weighted by Gasteiger charge is -2.28. The molecule has 0 aliphatic carbocycles. The third-order valence-electron chi connectivity index (χ3n) is 3.89. The minimum absolute atomic E-state index is 0.137. The van der Waals surface area contributed by atoms with E-state index in [0.29, 0.717) is 0 Å². The molecule has 138 valence electrons. The third kappa shape index (κ3) is 7.03. The lowest BCUT2D eigenvalue weighted by Crippen LogP contribution is -2.34. The number of nitrogens with one attached hydrogen (secondary N) is 2. The minimum atomic E-state index is -0.539. The normalized spacial score (nSPS) is 14.8. The second-order valence-electron chi connectivity index (χ2n) is 7.32. The van der Waals surface area contributed by atoms with Crippen LogP contribution in [0, 0.1) is 0 Å². The highest BCUT2D eigenvalue weighted by atomic mass is 16.6. The fourth-order valence-electron chi connectivity index (χ4n) is 2.72. The molecule has 2 rings (SSSR count). The highest BCUT2D eigenvalue weighted by Gasteiger charge is 2.16. The van der Waals surface area contributed by atoms with Crippen LogP contribution >= 0.6 is 0 Å². The van der Waals surface area contributed by atoms with Crippen molar-refractivity contribution in [2.24, 2.45) is 0 Å². The lowest BCUT2D eigenvalue weighted by molar-refractivity contribution is -0.116. The summed E-state index contributed by atoms with van der Waals surface area (Å²) in [5.41, 5.74) is 1.43. The molecular weight excluding hydrogens is 318 g/mol. The third-order valence-corrected chi connectivity index (χ3v) is 3.89. The number of ether oxygens (including phenoxy) is 1. The predicted octanol–water partition coefficient (Wildman–Crippen LogP) is 3.53. The quantitative estimate of drug-likeness (QED) is 0.855. The molecule has 6 heteroatoms. The summed E-state index contributed by atoms with van der Waals surface area (Å²) in [7, 11) is 0. The predicted molar refractivity (Wildman–Crippen MR) is 100.0 cm³/mol. The molecule has 1 aromatic carbocycles. The summed E-state index contributed by atoms with van der Waals surface area (Å²) in [6.45, 7) is 7.84. The number of hydrogen-bond donors (Lipinski definition) is 2. The first-order chi connectivity index (χ1) is 11.8. The molecular formula is C19H29N3O3. The van der Waals surface area contributed by atoms with Crippen LogP contribution in [-0.4, -0.2) is 37.2 Å². The van der Waals surface area contributed by atoms with Crippen molar-refractivity contribution in [1.82, 2.24) is 5.32 Å². The topological polar surface area (TPSA) is 70.7 Å². The molecule has 2 N–H and O–H groups in total. The maximum absolute atomic E-state index is 12.0. The Labute approximate surface area is 149 Å². The first-order valence-corrected chi connectivity index (χ1v) is 8.95. The Morgan fingerprint density at radius 2 is 1.72 bits per heavy atom. The smallest absolute Gasteiger partial charge is 0.407 e. The van der Waals surface area contributed by atoms with Crippen molar-refractivity contribution in [3.63, 3.8) is 0 Å². The molecule has 25 heavy (non-hydrogen) atoms. The Hall–Kier alpha value is -2.24. The Balaban J connectivity index is 1.72. The van der Waals surface area contributed by atoms with Gasteiger partial charge in [0.1, 0.15) is 5.60 Å². The van der Waals surface area contributed by atoms with Crippen LogP contribution < -0.4 is 15.5 Å². The van der Waals surface area contributed by atoms with Crippen molar-refractivity contribution in [2.45, 2.75) is 52.1 Å². The van der Waals surface area contributed by atoms with Crippen LogP contribution in [0.15, 0.2) is 24.3 Å². The SMILES string of the molecule is CC(C)(C)OC(=O)NCCC(=O)Nc1ccc(N2CCCCC2)cc1. The molecule has 2 amide bonds. The number of carbonyl (C=O) groups is 2. The molecule has 6 nitrogen and oxygen atoms in total. The molecule has 0 spiro atoms. The van der Waals surface area contributed by atoms with Gasteiger partial charge in [0.2, 0.25) is 5.91 Å². The number of nitrogens with zero attached hydrogens (tertiary/aromatic N) is 1. The molecule has 0 bridgehead atoms. The molecule has 0 atom stereocenters. The van der Waals surface area contributed by atoms with Gasteiger partial charge in [0, 0.05) is 37.4 Å². The number of benzene rings is 1. The number of carbonyl (C=O) groups excluding carboxylic acids is 2. The van der Waals surface area contributed by atoms with E-state index in [1.54, 1.807) is 20.8 Å². The summed E-state index contributed by atoms with van der Waals surface area (Å²) in [5.74, 6) is -0.137. The van der Waals surface area contributed by atoms with Gasteiger partial charge >= 0.3 is 6.09 Å². The number of piperidine rings is 1. The maximum Gasteiger partial charge on any atom is 0.407 e. The molecule has 0 radical (unpaired) electrons. The van der Waals surface area contributed by atoms with Gasteiger partial charge in [-0.2, -0.15) is 0 Å². The van der Waals surface area contributed by atoms with Crippen LogP contribution in [0.4, 0.5) is 16.2 Å². The molecule has 1 aliphatic rings. The molecule has 0 unspecified atom stereocenters. The van der Waals surface area contributed by atoms with E-state index in [4.69, 9.17) is 4.74 Å². The molecule has 0 saturated carbocycles. The average molecular weight is 347 g/mol. The van der Waals surface area contributed by atoms with Crippen molar-refractivity contribution in [2.75, 3.05) is 29.9 Å². The van der Waals surface area contributed by atoms with E-state index in [-0.39, 0.29) is 18.9 Å². The fraction of sp³-hybridized carbons (Fsp3) is 0.579. The zero-order valence-electron chi connectivity index (χ0n) is 15.4. The van der Waals surface area contributed by atoms with Gasteiger partial charge < -0.3 is 20.3 Å². The summed E-state index contributed by atoms with van der Waals surface area (Å²) >= 11 is 0. The van der Waals surface area contributed by atoms with Gasteiger partial charge in [-0.25, -0.2) is 4.79 Å². The van der Waals surface area contributed by atoms with E-state index in [0.717, 1.165) is 18.8 Å². The zero-order chi connectivity index (χ0) is 18.3. The van der Waals surface area contributed by atoms with Crippen LogP contribution in [0.2, 0.25) is 0 Å². The van der Waals surface area contributed by atoms with E-state index in [2.05, 4.69) is 15.5 Å². The molecule has 1 saturated heterocycles. The van der Waals surface area contributed by atoms with Crippen molar-refractivity contribution in [1.29, 1.82) is 0 Å². The molecule has 1 fully saturated rings. The zero-order valence-corrected chi connectivity index (χ0v) is 15.4. The monoisotopic (exact) mass is 347 g/mol. The largest absolute Gasteiger partial charge is 0.444 e.